The van der Waals surface area contributed by atoms with Gasteiger partial charge in [0.2, 0.25) is 0 Å². The van der Waals surface area contributed by atoms with Gasteiger partial charge in [-0.2, -0.15) is 0 Å². The minimum atomic E-state index is -1.83. The van der Waals surface area contributed by atoms with Crippen LogP contribution in [-0.4, -0.2) is 41.3 Å². The van der Waals surface area contributed by atoms with Crippen molar-refractivity contribution in [3.63, 3.8) is 0 Å². The molecule has 1 fully saturated rings. The Bertz CT molecular complexity index is 427. The molecule has 0 heterocycles. The minimum Gasteiger partial charge on any atom is -0.450 e. The van der Waals surface area contributed by atoms with Crippen molar-refractivity contribution >= 4 is 18.2 Å². The Morgan fingerprint density at radius 1 is 1.00 bits per heavy atom. The third-order valence-electron chi connectivity index (χ3n) is 3.85. The highest BCUT2D eigenvalue weighted by Gasteiger charge is 2.23. The summed E-state index contributed by atoms with van der Waals surface area (Å²) in [7, 11) is 0. The largest absolute Gasteiger partial charge is 0.503 e. The molecule has 8 heteroatoms. The van der Waals surface area contributed by atoms with Gasteiger partial charge in [0.25, 0.3) is 6.29 Å². The van der Waals surface area contributed by atoms with Crippen LogP contribution in [-0.2, 0) is 14.3 Å². The van der Waals surface area contributed by atoms with Crippen LogP contribution in [0.5, 0.6) is 0 Å². The zero-order valence-corrected chi connectivity index (χ0v) is 16.2. The number of carbonyl (C=O) groups is 3. The molecule has 1 amide bonds. The van der Waals surface area contributed by atoms with Crippen LogP contribution in [0.4, 0.5) is 9.59 Å². The minimum absolute atomic E-state index is 0.0726. The van der Waals surface area contributed by atoms with E-state index >= 15 is 0 Å². The smallest absolute Gasteiger partial charge is 0.450 e. The van der Waals surface area contributed by atoms with Gasteiger partial charge in [0.15, 0.2) is 0 Å². The first-order valence-corrected chi connectivity index (χ1v) is 9.17. The summed E-state index contributed by atoms with van der Waals surface area (Å²) in [4.78, 5) is 32.2. The van der Waals surface area contributed by atoms with Crippen molar-refractivity contribution in [1.82, 2.24) is 5.32 Å². The molecule has 0 aliphatic heterocycles. The van der Waals surface area contributed by atoms with Gasteiger partial charge in [-0.05, 0) is 24.7 Å². The average molecular weight is 375 g/mol. The number of carboxylic acid groups (broad SMARTS) is 2. The van der Waals surface area contributed by atoms with E-state index in [4.69, 9.17) is 24.5 Å². The molecule has 1 atom stereocenters. The number of carbonyl (C=O) groups excluding carboxylic acids is 2. The molecule has 1 saturated carbocycles. The van der Waals surface area contributed by atoms with E-state index in [1.54, 1.807) is 0 Å². The summed E-state index contributed by atoms with van der Waals surface area (Å²) in [5.74, 6) is 0.369. The standard InChI is InChI=1S/C17H31NO4.CH2O3/c1-12(2)10-15(19)21-16(13(3)4)22-17(20)18-11-14-8-6-5-7-9-14;2-1(3)4/h12-14,16H,5-11H2,1-4H3,(H,18,20);(H2,2,3,4). The maximum atomic E-state index is 11.9. The van der Waals surface area contributed by atoms with Crippen LogP contribution >= 0.6 is 0 Å². The second-order valence-corrected chi connectivity index (χ2v) is 7.27. The van der Waals surface area contributed by atoms with E-state index in [2.05, 4.69) is 5.32 Å². The summed E-state index contributed by atoms with van der Waals surface area (Å²) in [6, 6.07) is 0. The van der Waals surface area contributed by atoms with E-state index < -0.39 is 18.5 Å². The fourth-order valence-electron chi connectivity index (χ4n) is 2.57. The van der Waals surface area contributed by atoms with Gasteiger partial charge in [-0.3, -0.25) is 4.79 Å². The Hall–Kier alpha value is -1.99. The van der Waals surface area contributed by atoms with Gasteiger partial charge >= 0.3 is 18.2 Å². The van der Waals surface area contributed by atoms with Crippen molar-refractivity contribution in [2.75, 3.05) is 6.54 Å². The van der Waals surface area contributed by atoms with Gasteiger partial charge in [-0.15, -0.1) is 0 Å². The first-order valence-electron chi connectivity index (χ1n) is 9.17. The van der Waals surface area contributed by atoms with Crippen LogP contribution in [0.3, 0.4) is 0 Å². The van der Waals surface area contributed by atoms with Crippen molar-refractivity contribution in [3.05, 3.63) is 0 Å². The van der Waals surface area contributed by atoms with Crippen LogP contribution in [0, 0.1) is 17.8 Å². The van der Waals surface area contributed by atoms with Gasteiger partial charge < -0.3 is 25.0 Å². The average Bonchev–Trinajstić information content (AvgIpc) is 2.52. The summed E-state index contributed by atoms with van der Waals surface area (Å²) in [6.45, 7) is 8.26. The number of esters is 1. The maximum absolute atomic E-state index is 11.9. The number of ether oxygens (including phenoxy) is 2. The number of nitrogens with one attached hydrogen (secondary N) is 1. The van der Waals surface area contributed by atoms with Crippen LogP contribution in [0.1, 0.15) is 66.2 Å². The van der Waals surface area contributed by atoms with Gasteiger partial charge in [0, 0.05) is 18.9 Å². The molecule has 0 spiro atoms. The Labute approximate surface area is 155 Å². The molecule has 0 bridgehead atoms. The molecule has 3 N–H and O–H groups in total. The highest BCUT2D eigenvalue weighted by Crippen LogP contribution is 2.22. The highest BCUT2D eigenvalue weighted by molar-refractivity contribution is 5.70. The molecule has 0 radical (unpaired) electrons. The predicted molar refractivity (Wildman–Crippen MR) is 95.9 cm³/mol. The molecule has 26 heavy (non-hydrogen) atoms. The molecular formula is C18H33NO7. The van der Waals surface area contributed by atoms with Crippen molar-refractivity contribution in [2.45, 2.75) is 72.5 Å². The Morgan fingerprint density at radius 2 is 1.54 bits per heavy atom. The van der Waals surface area contributed by atoms with Crippen LogP contribution < -0.4 is 5.32 Å². The first kappa shape index (κ1) is 24.0. The third-order valence-corrected chi connectivity index (χ3v) is 3.85. The topological polar surface area (TPSA) is 122 Å². The molecule has 152 valence electrons. The summed E-state index contributed by atoms with van der Waals surface area (Å²) >= 11 is 0. The first-order chi connectivity index (χ1) is 12.1. The molecule has 1 aliphatic rings. The van der Waals surface area contributed by atoms with E-state index in [1.807, 2.05) is 27.7 Å². The van der Waals surface area contributed by atoms with Gasteiger partial charge in [-0.1, -0.05) is 47.0 Å². The van der Waals surface area contributed by atoms with Crippen LogP contribution in [0.2, 0.25) is 0 Å². The summed E-state index contributed by atoms with van der Waals surface area (Å²) in [5, 5.41) is 16.7. The second-order valence-electron chi connectivity index (χ2n) is 7.27. The molecule has 0 aromatic heterocycles. The molecule has 1 unspecified atom stereocenters. The Kier molecular flexibility index (Phi) is 12.2. The lowest BCUT2D eigenvalue weighted by molar-refractivity contribution is -0.175. The molecule has 0 aromatic carbocycles. The number of rotatable bonds is 7. The van der Waals surface area contributed by atoms with Crippen LogP contribution in [0.25, 0.3) is 0 Å². The molecule has 0 aromatic rings. The zero-order valence-electron chi connectivity index (χ0n) is 16.2. The van der Waals surface area contributed by atoms with Crippen molar-refractivity contribution in [3.8, 4) is 0 Å². The predicted octanol–water partition coefficient (Wildman–Crippen LogP) is 4.09. The summed E-state index contributed by atoms with van der Waals surface area (Å²) in [5.41, 5.74) is 0. The van der Waals surface area contributed by atoms with Crippen LogP contribution in [0.15, 0.2) is 0 Å². The number of hydrogen-bond donors (Lipinski definition) is 3. The molecule has 0 saturated heterocycles. The number of alkyl carbamates (subject to hydrolysis) is 1. The summed E-state index contributed by atoms with van der Waals surface area (Å²) in [6.07, 6.45) is 3.28. The molecule has 1 rings (SSSR count). The second kappa shape index (κ2) is 13.2. The van der Waals surface area contributed by atoms with Crippen molar-refractivity contribution in [2.24, 2.45) is 17.8 Å². The number of amides is 1. The lowest BCUT2D eigenvalue weighted by atomic mass is 9.89. The quantitative estimate of drug-likeness (QED) is 0.452. The SMILES string of the molecule is CC(C)CC(=O)OC(OC(=O)NCC1CCCCC1)C(C)C.O=C(O)O. The van der Waals surface area contributed by atoms with Gasteiger partial charge in [-0.25, -0.2) is 9.59 Å². The normalized spacial score (nSPS) is 15.6. The lowest BCUT2D eigenvalue weighted by Gasteiger charge is -2.24. The summed E-state index contributed by atoms with van der Waals surface area (Å²) < 4.78 is 10.5. The highest BCUT2D eigenvalue weighted by atomic mass is 16.7. The van der Waals surface area contributed by atoms with Crippen molar-refractivity contribution < 1.29 is 34.1 Å². The van der Waals surface area contributed by atoms with Gasteiger partial charge in [0.05, 0.1) is 0 Å². The maximum Gasteiger partial charge on any atom is 0.503 e. The molecular weight excluding hydrogens is 342 g/mol. The lowest BCUT2D eigenvalue weighted by Crippen LogP contribution is -2.37. The fourth-order valence-corrected chi connectivity index (χ4v) is 2.57. The van der Waals surface area contributed by atoms with E-state index in [0.29, 0.717) is 18.9 Å². The Balaban J connectivity index is 0.00000141. The molecule has 8 nitrogen and oxygen atoms in total. The molecule has 1 aliphatic carbocycles. The monoisotopic (exact) mass is 375 g/mol. The van der Waals surface area contributed by atoms with E-state index in [9.17, 15) is 9.59 Å². The number of hydrogen-bond acceptors (Lipinski definition) is 5. The van der Waals surface area contributed by atoms with E-state index in [-0.39, 0.29) is 17.8 Å². The van der Waals surface area contributed by atoms with E-state index in [0.717, 1.165) is 12.8 Å². The zero-order chi connectivity index (χ0) is 20.1. The third kappa shape index (κ3) is 13.3. The Morgan fingerprint density at radius 3 is 2.00 bits per heavy atom. The van der Waals surface area contributed by atoms with Crippen molar-refractivity contribution in [1.29, 1.82) is 0 Å². The fraction of sp³-hybridized carbons (Fsp3) is 0.833. The van der Waals surface area contributed by atoms with Gasteiger partial charge in [0.1, 0.15) is 0 Å². The van der Waals surface area contributed by atoms with E-state index in [1.165, 1.54) is 19.3 Å².